The van der Waals surface area contributed by atoms with Crippen LogP contribution in [0.2, 0.25) is 0 Å². The molecule has 1 saturated heterocycles. The van der Waals surface area contributed by atoms with Crippen molar-refractivity contribution >= 4 is 5.96 Å². The SMILES string of the molecule is CN1C(N2CCNCC2)=NOC1C(C)(C)F. The van der Waals surface area contributed by atoms with Crippen molar-refractivity contribution in [2.45, 2.75) is 25.7 Å². The fourth-order valence-corrected chi connectivity index (χ4v) is 2.07. The fourth-order valence-electron chi connectivity index (χ4n) is 2.07. The van der Waals surface area contributed by atoms with E-state index < -0.39 is 11.9 Å². The van der Waals surface area contributed by atoms with Crippen molar-refractivity contribution < 1.29 is 9.23 Å². The molecule has 1 unspecified atom stereocenters. The van der Waals surface area contributed by atoms with E-state index in [1.165, 1.54) is 13.8 Å². The lowest BCUT2D eigenvalue weighted by atomic mass is 10.1. The fraction of sp³-hybridized carbons (Fsp3) is 0.900. The Labute approximate surface area is 95.2 Å². The number of guanidine groups is 1. The van der Waals surface area contributed by atoms with Gasteiger partial charge in [0.05, 0.1) is 0 Å². The number of hydrogen-bond acceptors (Lipinski definition) is 5. The van der Waals surface area contributed by atoms with E-state index >= 15 is 0 Å². The second kappa shape index (κ2) is 4.08. The first-order chi connectivity index (χ1) is 7.50. The van der Waals surface area contributed by atoms with E-state index in [0.29, 0.717) is 0 Å². The lowest BCUT2D eigenvalue weighted by Crippen LogP contribution is -2.54. The summed E-state index contributed by atoms with van der Waals surface area (Å²) in [6.45, 7) is 6.62. The van der Waals surface area contributed by atoms with Gasteiger partial charge in [-0.05, 0) is 19.0 Å². The van der Waals surface area contributed by atoms with E-state index in [1.54, 1.807) is 4.90 Å². The van der Waals surface area contributed by atoms with Crippen LogP contribution in [0.25, 0.3) is 0 Å². The van der Waals surface area contributed by atoms with E-state index in [-0.39, 0.29) is 0 Å². The Balaban J connectivity index is 2.02. The van der Waals surface area contributed by atoms with Crippen LogP contribution in [0, 0.1) is 0 Å². The highest BCUT2D eigenvalue weighted by Gasteiger charge is 2.42. The molecule has 0 saturated carbocycles. The van der Waals surface area contributed by atoms with Crippen LogP contribution in [0.1, 0.15) is 13.8 Å². The van der Waals surface area contributed by atoms with Gasteiger partial charge in [-0.2, -0.15) is 0 Å². The summed E-state index contributed by atoms with van der Waals surface area (Å²) in [5.74, 6) is 0.734. The van der Waals surface area contributed by atoms with Gasteiger partial charge in [0.15, 0.2) is 5.67 Å². The lowest BCUT2D eigenvalue weighted by Gasteiger charge is -2.34. The molecule has 6 heteroatoms. The number of nitrogens with zero attached hydrogens (tertiary/aromatic N) is 3. The molecule has 1 atom stereocenters. The van der Waals surface area contributed by atoms with Gasteiger partial charge in [0.1, 0.15) is 0 Å². The second-order valence-corrected chi connectivity index (χ2v) is 4.76. The molecule has 5 nitrogen and oxygen atoms in total. The van der Waals surface area contributed by atoms with Gasteiger partial charge >= 0.3 is 0 Å². The number of oxime groups is 1. The first-order valence-corrected chi connectivity index (χ1v) is 5.61. The molecule has 2 rings (SSSR count). The van der Waals surface area contributed by atoms with Crippen molar-refractivity contribution in [1.82, 2.24) is 15.1 Å². The first-order valence-electron chi connectivity index (χ1n) is 5.61. The maximum atomic E-state index is 13.8. The van der Waals surface area contributed by atoms with Gasteiger partial charge in [0, 0.05) is 33.2 Å². The summed E-state index contributed by atoms with van der Waals surface area (Å²) in [7, 11) is 1.82. The van der Waals surface area contributed by atoms with Gasteiger partial charge in [-0.1, -0.05) is 0 Å². The number of rotatable bonds is 1. The van der Waals surface area contributed by atoms with Gasteiger partial charge in [-0.3, -0.25) is 0 Å². The van der Waals surface area contributed by atoms with Crippen molar-refractivity contribution in [2.24, 2.45) is 5.16 Å². The van der Waals surface area contributed by atoms with Crippen molar-refractivity contribution in [2.75, 3.05) is 33.2 Å². The highest BCUT2D eigenvalue weighted by Crippen LogP contribution is 2.25. The van der Waals surface area contributed by atoms with Gasteiger partial charge in [0.25, 0.3) is 0 Å². The average Bonchev–Trinajstić information content (AvgIpc) is 2.61. The molecule has 0 aromatic rings. The molecule has 92 valence electrons. The third kappa shape index (κ3) is 2.07. The quantitative estimate of drug-likeness (QED) is 0.698. The number of halogens is 1. The van der Waals surface area contributed by atoms with Crippen LogP contribution in [-0.4, -0.2) is 60.9 Å². The minimum absolute atomic E-state index is 0.627. The Bertz CT molecular complexity index is 283. The molecular formula is C10H19FN4O. The predicted octanol–water partition coefficient (Wildman–Crippen LogP) is 0.199. The smallest absolute Gasteiger partial charge is 0.241 e. The van der Waals surface area contributed by atoms with E-state index in [0.717, 1.165) is 32.1 Å². The largest absolute Gasteiger partial charge is 0.364 e. The van der Waals surface area contributed by atoms with E-state index in [2.05, 4.69) is 15.4 Å². The minimum atomic E-state index is -1.42. The van der Waals surface area contributed by atoms with Crippen LogP contribution >= 0.6 is 0 Å². The Morgan fingerprint density at radius 2 is 2.06 bits per heavy atom. The average molecular weight is 230 g/mol. The zero-order valence-electron chi connectivity index (χ0n) is 10.0. The summed E-state index contributed by atoms with van der Waals surface area (Å²) in [6, 6.07) is 0. The molecule has 0 bridgehead atoms. The summed E-state index contributed by atoms with van der Waals surface area (Å²) in [4.78, 5) is 9.05. The molecule has 1 fully saturated rings. The molecule has 0 aromatic carbocycles. The third-order valence-corrected chi connectivity index (χ3v) is 2.89. The van der Waals surface area contributed by atoms with Crippen LogP contribution in [0.4, 0.5) is 4.39 Å². The number of hydrogen-bond donors (Lipinski definition) is 1. The molecule has 0 aliphatic carbocycles. The van der Waals surface area contributed by atoms with E-state index in [9.17, 15) is 4.39 Å². The molecule has 0 aromatic heterocycles. The molecule has 2 aliphatic heterocycles. The highest BCUT2D eigenvalue weighted by molar-refractivity contribution is 5.80. The second-order valence-electron chi connectivity index (χ2n) is 4.76. The van der Waals surface area contributed by atoms with Crippen LogP contribution in [-0.2, 0) is 4.84 Å². The lowest BCUT2D eigenvalue weighted by molar-refractivity contribution is -0.0774. The van der Waals surface area contributed by atoms with Crippen LogP contribution in [0.3, 0.4) is 0 Å². The van der Waals surface area contributed by atoms with Gasteiger partial charge in [-0.25, -0.2) is 4.39 Å². The number of nitrogens with one attached hydrogen (secondary N) is 1. The normalized spacial score (nSPS) is 26.8. The van der Waals surface area contributed by atoms with Gasteiger partial charge < -0.3 is 20.0 Å². The topological polar surface area (TPSA) is 40.1 Å². The van der Waals surface area contributed by atoms with Crippen molar-refractivity contribution in [1.29, 1.82) is 0 Å². The third-order valence-electron chi connectivity index (χ3n) is 2.89. The Hall–Kier alpha value is -1.04. The van der Waals surface area contributed by atoms with Gasteiger partial charge in [0.2, 0.25) is 12.2 Å². The molecule has 2 aliphatic rings. The molecular weight excluding hydrogens is 211 g/mol. The Kier molecular flexibility index (Phi) is 2.92. The Morgan fingerprint density at radius 3 is 2.56 bits per heavy atom. The highest BCUT2D eigenvalue weighted by atomic mass is 19.1. The van der Waals surface area contributed by atoms with Gasteiger partial charge in [-0.15, -0.1) is 0 Å². The summed E-state index contributed by atoms with van der Waals surface area (Å²) >= 11 is 0. The molecule has 2 heterocycles. The summed E-state index contributed by atoms with van der Waals surface area (Å²) < 4.78 is 13.8. The molecule has 0 radical (unpaired) electrons. The van der Waals surface area contributed by atoms with E-state index in [4.69, 9.17) is 4.84 Å². The first kappa shape index (κ1) is 11.4. The van der Waals surface area contributed by atoms with Crippen molar-refractivity contribution in [3.05, 3.63) is 0 Å². The maximum Gasteiger partial charge on any atom is 0.241 e. The molecule has 1 N–H and O–H groups in total. The number of piperazine rings is 1. The molecule has 16 heavy (non-hydrogen) atoms. The van der Waals surface area contributed by atoms with Crippen LogP contribution in [0.15, 0.2) is 5.16 Å². The Morgan fingerprint density at radius 1 is 1.44 bits per heavy atom. The number of alkyl halides is 1. The predicted molar refractivity (Wildman–Crippen MR) is 59.7 cm³/mol. The summed E-state index contributed by atoms with van der Waals surface area (Å²) in [5.41, 5.74) is -1.42. The van der Waals surface area contributed by atoms with E-state index in [1.807, 2.05) is 7.05 Å². The van der Waals surface area contributed by atoms with Crippen molar-refractivity contribution in [3.8, 4) is 0 Å². The standard InChI is InChI=1S/C10H19FN4O/c1-10(2,11)8-14(3)9(13-16-8)15-6-4-12-5-7-15/h8,12H,4-7H2,1-3H3. The summed E-state index contributed by atoms with van der Waals surface area (Å²) in [6.07, 6.45) is -0.627. The molecule has 0 amide bonds. The summed E-state index contributed by atoms with van der Waals surface area (Å²) in [5, 5.41) is 7.25. The van der Waals surface area contributed by atoms with Crippen molar-refractivity contribution in [3.63, 3.8) is 0 Å². The van der Waals surface area contributed by atoms with Crippen LogP contribution in [0.5, 0.6) is 0 Å². The van der Waals surface area contributed by atoms with Crippen LogP contribution < -0.4 is 5.32 Å². The monoisotopic (exact) mass is 230 g/mol. The molecule has 0 spiro atoms. The zero-order valence-corrected chi connectivity index (χ0v) is 10.0. The minimum Gasteiger partial charge on any atom is -0.364 e. The zero-order chi connectivity index (χ0) is 11.8. The maximum absolute atomic E-state index is 13.8.